The predicted molar refractivity (Wildman–Crippen MR) is 104 cm³/mol. The number of carbonyl (C=O) groups excluding carboxylic acids is 2. The number of fused-ring (bicyclic) bond motifs is 3. The number of hydrogen-bond donors (Lipinski definition) is 2. The summed E-state index contributed by atoms with van der Waals surface area (Å²) in [5.41, 5.74) is -3.16. The van der Waals surface area contributed by atoms with Crippen molar-refractivity contribution in [3.05, 3.63) is 60.3 Å². The Morgan fingerprint density at radius 2 is 2.00 bits per heavy atom. The molecule has 28 heavy (non-hydrogen) atoms. The van der Waals surface area contributed by atoms with E-state index in [-0.39, 0.29) is 17.6 Å². The summed E-state index contributed by atoms with van der Waals surface area (Å²) >= 11 is 0. The molecular weight excluding hydrogens is 356 g/mol. The molecule has 1 saturated heterocycles. The normalized spacial score (nSPS) is 45.1. The van der Waals surface area contributed by atoms with Crippen molar-refractivity contribution in [1.29, 1.82) is 0 Å². The molecule has 0 bridgehead atoms. The molecule has 1 heterocycles. The molecule has 4 aliphatic rings. The van der Waals surface area contributed by atoms with Crippen LogP contribution >= 0.6 is 0 Å². The number of allylic oxidation sites excluding steroid dienone is 4. The first-order valence-electron chi connectivity index (χ1n) is 9.78. The lowest BCUT2D eigenvalue weighted by molar-refractivity contribution is -0.166. The van der Waals surface area contributed by atoms with Gasteiger partial charge in [-0.3, -0.25) is 4.79 Å². The zero-order valence-corrected chi connectivity index (χ0v) is 16.2. The van der Waals surface area contributed by atoms with E-state index in [1.807, 2.05) is 19.1 Å². The minimum atomic E-state index is -1.43. The molecule has 5 nitrogen and oxygen atoms in total. The van der Waals surface area contributed by atoms with Gasteiger partial charge in [-0.05, 0) is 43.9 Å². The Morgan fingerprint density at radius 1 is 1.25 bits per heavy atom. The summed E-state index contributed by atoms with van der Waals surface area (Å²) in [6.07, 6.45) is 12.9. The number of carbonyl (C=O) groups is 2. The topological polar surface area (TPSA) is 83.8 Å². The van der Waals surface area contributed by atoms with Crippen LogP contribution in [-0.2, 0) is 14.3 Å². The van der Waals surface area contributed by atoms with Crippen LogP contribution in [0.2, 0.25) is 0 Å². The second kappa shape index (κ2) is 6.13. The van der Waals surface area contributed by atoms with Crippen LogP contribution in [0.5, 0.6) is 0 Å². The van der Waals surface area contributed by atoms with Crippen LogP contribution in [0.25, 0.3) is 0 Å². The number of aliphatic hydroxyl groups is 2. The molecule has 1 aliphatic heterocycles. The van der Waals surface area contributed by atoms with E-state index in [1.165, 1.54) is 0 Å². The van der Waals surface area contributed by atoms with Gasteiger partial charge in [0, 0.05) is 23.5 Å². The van der Waals surface area contributed by atoms with Crippen LogP contribution in [-0.4, -0.2) is 39.3 Å². The number of ether oxygens (including phenoxy) is 1. The highest BCUT2D eigenvalue weighted by molar-refractivity contribution is 6.07. The second-order valence-electron chi connectivity index (χ2n) is 8.71. The number of esters is 1. The van der Waals surface area contributed by atoms with Gasteiger partial charge in [-0.1, -0.05) is 37.8 Å². The Balaban J connectivity index is 1.74. The minimum Gasteiger partial charge on any atom is -0.457 e. The fraction of sp³-hybridized carbons (Fsp3) is 0.478. The molecule has 148 valence electrons. The van der Waals surface area contributed by atoms with Crippen LogP contribution in [0.4, 0.5) is 0 Å². The van der Waals surface area contributed by atoms with Crippen LogP contribution in [0.3, 0.4) is 0 Å². The van der Waals surface area contributed by atoms with Crippen molar-refractivity contribution in [3.63, 3.8) is 0 Å². The Morgan fingerprint density at radius 3 is 2.68 bits per heavy atom. The number of ketones is 1. The Hall–Kier alpha value is -2.24. The molecule has 2 fully saturated rings. The molecule has 4 rings (SSSR count). The molecule has 3 aliphatic carbocycles. The van der Waals surface area contributed by atoms with Gasteiger partial charge in [0.25, 0.3) is 0 Å². The second-order valence-corrected chi connectivity index (χ2v) is 8.71. The maximum atomic E-state index is 13.5. The van der Waals surface area contributed by atoms with E-state index in [1.54, 1.807) is 37.3 Å². The van der Waals surface area contributed by atoms with Crippen LogP contribution in [0.15, 0.2) is 60.3 Å². The summed E-state index contributed by atoms with van der Waals surface area (Å²) in [5.74, 6) is -1.22. The molecule has 1 saturated carbocycles. The highest BCUT2D eigenvalue weighted by atomic mass is 16.6. The molecule has 6 atom stereocenters. The third kappa shape index (κ3) is 2.46. The average molecular weight is 382 g/mol. The van der Waals surface area contributed by atoms with Gasteiger partial charge in [0.2, 0.25) is 0 Å². The Kier molecular flexibility index (Phi) is 4.18. The van der Waals surface area contributed by atoms with E-state index in [0.717, 1.165) is 0 Å². The van der Waals surface area contributed by atoms with E-state index < -0.39 is 28.7 Å². The Bertz CT molecular complexity index is 877. The van der Waals surface area contributed by atoms with E-state index >= 15 is 0 Å². The van der Waals surface area contributed by atoms with Crippen molar-refractivity contribution in [2.45, 2.75) is 50.4 Å². The zero-order valence-electron chi connectivity index (χ0n) is 16.2. The van der Waals surface area contributed by atoms with Gasteiger partial charge in [0.15, 0.2) is 5.78 Å². The molecule has 2 N–H and O–H groups in total. The molecule has 0 radical (unpaired) electrons. The van der Waals surface area contributed by atoms with Crippen LogP contribution < -0.4 is 0 Å². The molecule has 6 unspecified atom stereocenters. The highest BCUT2D eigenvalue weighted by Crippen LogP contribution is 2.58. The quantitative estimate of drug-likeness (QED) is 0.566. The van der Waals surface area contributed by atoms with E-state index in [0.29, 0.717) is 30.4 Å². The fourth-order valence-corrected chi connectivity index (χ4v) is 5.16. The number of hydrogen-bond acceptors (Lipinski definition) is 5. The van der Waals surface area contributed by atoms with Crippen molar-refractivity contribution < 1.29 is 24.5 Å². The lowest BCUT2D eigenvalue weighted by Crippen LogP contribution is -2.56. The fourth-order valence-electron chi connectivity index (χ4n) is 5.16. The first-order chi connectivity index (χ1) is 13.1. The maximum absolute atomic E-state index is 13.5. The van der Waals surface area contributed by atoms with Crippen molar-refractivity contribution >= 4 is 11.8 Å². The standard InChI is InChI=1S/C23H26O5/c1-14-7-8-17-15(2)20(25)28-19(17)21(3)18(24)16(13-23(14,21)27)9-12-22(26)10-5-4-6-11-22/h4-6,9-10,12-14,17,19,26-27H,2,7-8,11H2,1,3H3. The molecule has 5 heteroatoms. The van der Waals surface area contributed by atoms with Gasteiger partial charge in [-0.25, -0.2) is 4.79 Å². The molecule has 0 aromatic rings. The van der Waals surface area contributed by atoms with Gasteiger partial charge in [-0.15, -0.1) is 0 Å². The molecular formula is C23H26O5. The first-order valence-corrected chi connectivity index (χ1v) is 9.78. The molecule has 0 aromatic carbocycles. The van der Waals surface area contributed by atoms with Crippen molar-refractivity contribution in [2.24, 2.45) is 17.3 Å². The van der Waals surface area contributed by atoms with Crippen LogP contribution in [0, 0.1) is 17.3 Å². The van der Waals surface area contributed by atoms with Crippen molar-refractivity contribution in [2.75, 3.05) is 0 Å². The summed E-state index contributed by atoms with van der Waals surface area (Å²) in [6, 6.07) is 0. The summed E-state index contributed by atoms with van der Waals surface area (Å²) in [5, 5.41) is 22.3. The SMILES string of the molecule is C=C1C(=O)OC2C1CCC(C)C1(O)C=C(C=CC3(O)C=CC=CC3)C(=O)C21C. The van der Waals surface area contributed by atoms with Gasteiger partial charge >= 0.3 is 5.97 Å². The highest BCUT2D eigenvalue weighted by Gasteiger charge is 2.68. The molecule has 0 aromatic heterocycles. The zero-order chi connectivity index (χ0) is 20.3. The first kappa shape index (κ1) is 19.1. The number of Topliss-reactive ketones (excluding diaryl/α,β-unsaturated/α-hetero) is 1. The van der Waals surface area contributed by atoms with Gasteiger partial charge in [-0.2, -0.15) is 0 Å². The Labute approximate surface area is 164 Å². The monoisotopic (exact) mass is 382 g/mol. The summed E-state index contributed by atoms with van der Waals surface area (Å²) in [7, 11) is 0. The van der Waals surface area contributed by atoms with Gasteiger partial charge < -0.3 is 14.9 Å². The largest absolute Gasteiger partial charge is 0.457 e. The molecule has 0 amide bonds. The third-order valence-corrected chi connectivity index (χ3v) is 7.11. The maximum Gasteiger partial charge on any atom is 0.334 e. The van der Waals surface area contributed by atoms with Crippen LogP contribution in [0.1, 0.15) is 33.1 Å². The van der Waals surface area contributed by atoms with Crippen molar-refractivity contribution in [1.82, 2.24) is 0 Å². The van der Waals surface area contributed by atoms with E-state index in [9.17, 15) is 19.8 Å². The average Bonchev–Trinajstić information content (AvgIpc) is 3.03. The lowest BCUT2D eigenvalue weighted by Gasteiger charge is -2.43. The summed E-state index contributed by atoms with van der Waals surface area (Å²) in [6.45, 7) is 7.47. The van der Waals surface area contributed by atoms with E-state index in [2.05, 4.69) is 6.58 Å². The summed E-state index contributed by atoms with van der Waals surface area (Å²) < 4.78 is 5.57. The van der Waals surface area contributed by atoms with Crippen molar-refractivity contribution in [3.8, 4) is 0 Å². The lowest BCUT2D eigenvalue weighted by atomic mass is 9.64. The van der Waals surface area contributed by atoms with Gasteiger partial charge in [0.1, 0.15) is 22.7 Å². The third-order valence-electron chi connectivity index (χ3n) is 7.11. The predicted octanol–water partition coefficient (Wildman–Crippen LogP) is 2.56. The summed E-state index contributed by atoms with van der Waals surface area (Å²) in [4.78, 5) is 25.6. The molecule has 0 spiro atoms. The van der Waals surface area contributed by atoms with Gasteiger partial charge in [0.05, 0.1) is 0 Å². The number of rotatable bonds is 2. The van der Waals surface area contributed by atoms with E-state index in [4.69, 9.17) is 4.74 Å². The smallest absolute Gasteiger partial charge is 0.334 e. The minimum absolute atomic E-state index is 0.190.